The van der Waals surface area contributed by atoms with Gasteiger partial charge in [-0.2, -0.15) is 5.10 Å². The maximum absolute atomic E-state index is 12.2. The summed E-state index contributed by atoms with van der Waals surface area (Å²) in [5, 5.41) is 5.36. The molecule has 0 aliphatic heterocycles. The van der Waals surface area contributed by atoms with Crippen molar-refractivity contribution in [1.29, 1.82) is 0 Å². The molecule has 4 rings (SSSR count). The predicted molar refractivity (Wildman–Crippen MR) is 125 cm³/mol. The molecule has 8 heteroatoms. The number of para-hydroxylation sites is 2. The molecule has 0 aliphatic rings. The van der Waals surface area contributed by atoms with E-state index < -0.39 is 0 Å². The number of hydrogen-bond donors (Lipinski definition) is 1. The summed E-state index contributed by atoms with van der Waals surface area (Å²) in [6.45, 7) is 0.569. The lowest BCUT2D eigenvalue weighted by Gasteiger charge is -2.10. The minimum Gasteiger partial charge on any atom is -0.465 e. The Labute approximate surface area is 188 Å². The van der Waals surface area contributed by atoms with Crippen LogP contribution in [0.2, 0.25) is 5.02 Å². The molecule has 4 aromatic rings. The molecular formula is C23H19ClN4O2S. The lowest BCUT2D eigenvalue weighted by molar-refractivity contribution is -0.118. The van der Waals surface area contributed by atoms with Gasteiger partial charge in [-0.15, -0.1) is 0 Å². The van der Waals surface area contributed by atoms with E-state index in [0.29, 0.717) is 17.3 Å². The molecule has 31 heavy (non-hydrogen) atoms. The van der Waals surface area contributed by atoms with Crippen molar-refractivity contribution in [2.45, 2.75) is 11.7 Å². The Morgan fingerprint density at radius 2 is 2.00 bits per heavy atom. The average molecular weight is 451 g/mol. The summed E-state index contributed by atoms with van der Waals surface area (Å²) >= 11 is 7.71. The fourth-order valence-corrected chi connectivity index (χ4v) is 3.95. The number of carbonyl (C=O) groups excluding carboxylic acids is 1. The van der Waals surface area contributed by atoms with Gasteiger partial charge in [-0.1, -0.05) is 53.7 Å². The molecular weight excluding hydrogens is 432 g/mol. The van der Waals surface area contributed by atoms with Crippen molar-refractivity contribution in [1.82, 2.24) is 15.0 Å². The summed E-state index contributed by atoms with van der Waals surface area (Å²) < 4.78 is 7.25. The molecule has 0 radical (unpaired) electrons. The normalized spacial score (nSPS) is 11.6. The van der Waals surface area contributed by atoms with Crippen molar-refractivity contribution in [3.05, 3.63) is 89.3 Å². The molecule has 0 saturated carbocycles. The van der Waals surface area contributed by atoms with Crippen LogP contribution in [0.4, 0.5) is 0 Å². The summed E-state index contributed by atoms with van der Waals surface area (Å²) in [4.78, 5) is 16.9. The zero-order valence-electron chi connectivity index (χ0n) is 16.4. The van der Waals surface area contributed by atoms with Crippen molar-refractivity contribution in [3.8, 4) is 0 Å². The number of rotatable bonds is 8. The van der Waals surface area contributed by atoms with Crippen molar-refractivity contribution in [2.24, 2.45) is 5.10 Å². The second kappa shape index (κ2) is 10.1. The first-order chi connectivity index (χ1) is 15.2. The van der Waals surface area contributed by atoms with Crippen molar-refractivity contribution < 1.29 is 9.21 Å². The maximum Gasteiger partial charge on any atom is 0.250 e. The van der Waals surface area contributed by atoms with Crippen molar-refractivity contribution >= 4 is 52.6 Å². The Morgan fingerprint density at radius 3 is 2.84 bits per heavy atom. The number of furan rings is 1. The second-order valence-electron chi connectivity index (χ2n) is 6.54. The first-order valence-electron chi connectivity index (χ1n) is 9.54. The average Bonchev–Trinajstić information content (AvgIpc) is 3.42. The standard InChI is InChI=1S/C23H19ClN4O2S/c24-19-10-2-1-7-17(19)15-28-21-12-4-3-11-20(21)26-23(28)31-16-22(29)27-25-13-5-8-18-9-6-14-30-18/h1-14H,15-16H2,(H,27,29)/b8-5+,25-13+. The molecule has 0 spiro atoms. The summed E-state index contributed by atoms with van der Waals surface area (Å²) in [7, 11) is 0. The lowest BCUT2D eigenvalue weighted by atomic mass is 10.2. The van der Waals surface area contributed by atoms with Crippen LogP contribution in [0.15, 0.2) is 87.7 Å². The number of amides is 1. The monoisotopic (exact) mass is 450 g/mol. The minimum absolute atomic E-state index is 0.186. The highest BCUT2D eigenvalue weighted by Crippen LogP contribution is 2.26. The summed E-state index contributed by atoms with van der Waals surface area (Å²) in [5.41, 5.74) is 5.37. The van der Waals surface area contributed by atoms with Crippen LogP contribution in [0.3, 0.4) is 0 Å². The van der Waals surface area contributed by atoms with Gasteiger partial charge >= 0.3 is 0 Å². The van der Waals surface area contributed by atoms with Crippen LogP contribution >= 0.6 is 23.4 Å². The number of nitrogens with zero attached hydrogens (tertiary/aromatic N) is 3. The van der Waals surface area contributed by atoms with E-state index in [1.54, 1.807) is 24.5 Å². The molecule has 1 N–H and O–H groups in total. The van der Waals surface area contributed by atoms with Gasteiger partial charge in [0.2, 0.25) is 0 Å². The molecule has 0 saturated heterocycles. The summed E-state index contributed by atoms with van der Waals surface area (Å²) in [5.74, 6) is 0.681. The van der Waals surface area contributed by atoms with Gasteiger partial charge in [0.15, 0.2) is 5.16 Å². The molecule has 2 aromatic heterocycles. The lowest BCUT2D eigenvalue weighted by Crippen LogP contribution is -2.19. The Morgan fingerprint density at radius 1 is 1.16 bits per heavy atom. The topological polar surface area (TPSA) is 72.4 Å². The number of hydrogen-bond acceptors (Lipinski definition) is 5. The quantitative estimate of drug-likeness (QED) is 0.226. The van der Waals surface area contributed by atoms with Gasteiger partial charge in [0.1, 0.15) is 5.76 Å². The van der Waals surface area contributed by atoms with Crippen molar-refractivity contribution in [2.75, 3.05) is 5.75 Å². The maximum atomic E-state index is 12.2. The summed E-state index contributed by atoms with van der Waals surface area (Å²) in [6, 6.07) is 19.2. The fraction of sp³-hybridized carbons (Fsp3) is 0.0870. The van der Waals surface area contributed by atoms with Crippen molar-refractivity contribution in [3.63, 3.8) is 0 Å². The van der Waals surface area contributed by atoms with Gasteiger partial charge in [-0.05, 0) is 48.0 Å². The van der Waals surface area contributed by atoms with Crippen LogP contribution in [0.25, 0.3) is 17.1 Å². The number of imidazole rings is 1. The van der Waals surface area contributed by atoms with E-state index in [2.05, 4.69) is 15.1 Å². The molecule has 0 aliphatic carbocycles. The largest absolute Gasteiger partial charge is 0.465 e. The van der Waals surface area contributed by atoms with Crippen LogP contribution in [-0.4, -0.2) is 27.4 Å². The fourth-order valence-electron chi connectivity index (χ4n) is 2.95. The SMILES string of the molecule is O=C(CSc1nc2ccccc2n1Cc1ccccc1Cl)N/N=C/C=C/c1ccco1. The minimum atomic E-state index is -0.219. The van der Waals surface area contributed by atoms with Gasteiger partial charge in [-0.3, -0.25) is 4.79 Å². The Balaban J connectivity index is 1.42. The third-order valence-electron chi connectivity index (χ3n) is 4.39. The van der Waals surface area contributed by atoms with E-state index in [1.165, 1.54) is 18.0 Å². The van der Waals surface area contributed by atoms with Gasteiger partial charge < -0.3 is 8.98 Å². The van der Waals surface area contributed by atoms with Gasteiger partial charge in [0.25, 0.3) is 5.91 Å². The van der Waals surface area contributed by atoms with E-state index in [4.69, 9.17) is 21.0 Å². The number of nitrogens with one attached hydrogen (secondary N) is 1. The van der Waals surface area contributed by atoms with E-state index in [-0.39, 0.29) is 11.7 Å². The third-order valence-corrected chi connectivity index (χ3v) is 5.74. The molecule has 0 unspecified atom stereocenters. The molecule has 1 amide bonds. The number of hydrazone groups is 1. The second-order valence-corrected chi connectivity index (χ2v) is 7.89. The first-order valence-corrected chi connectivity index (χ1v) is 10.9. The highest BCUT2D eigenvalue weighted by molar-refractivity contribution is 7.99. The molecule has 0 atom stereocenters. The van der Waals surface area contributed by atoms with Crippen LogP contribution in [0, 0.1) is 0 Å². The molecule has 6 nitrogen and oxygen atoms in total. The van der Waals surface area contributed by atoms with Crippen LogP contribution in [-0.2, 0) is 11.3 Å². The van der Waals surface area contributed by atoms with Gasteiger partial charge in [-0.25, -0.2) is 10.4 Å². The van der Waals surface area contributed by atoms with E-state index in [1.807, 2.05) is 54.6 Å². The van der Waals surface area contributed by atoms with E-state index >= 15 is 0 Å². The third kappa shape index (κ3) is 5.45. The zero-order valence-corrected chi connectivity index (χ0v) is 18.0. The van der Waals surface area contributed by atoms with E-state index in [9.17, 15) is 4.79 Å². The predicted octanol–water partition coefficient (Wildman–Crippen LogP) is 5.24. The number of halogens is 1. The van der Waals surface area contributed by atoms with Gasteiger partial charge in [0, 0.05) is 11.2 Å². The smallest absolute Gasteiger partial charge is 0.250 e. The Bertz CT molecular complexity index is 1230. The number of carbonyl (C=O) groups is 1. The number of allylic oxidation sites excluding steroid dienone is 1. The Kier molecular flexibility index (Phi) is 6.86. The molecule has 0 fully saturated rings. The zero-order chi connectivity index (χ0) is 21.5. The van der Waals surface area contributed by atoms with Gasteiger partial charge in [0.05, 0.1) is 29.6 Å². The first kappa shape index (κ1) is 21.0. The molecule has 2 heterocycles. The summed E-state index contributed by atoms with van der Waals surface area (Å²) in [6.07, 6.45) is 6.53. The van der Waals surface area contributed by atoms with Crippen LogP contribution < -0.4 is 5.43 Å². The molecule has 2 aromatic carbocycles. The Hall–Kier alpha value is -3.29. The van der Waals surface area contributed by atoms with Crippen LogP contribution in [0.5, 0.6) is 0 Å². The highest BCUT2D eigenvalue weighted by atomic mass is 35.5. The molecule has 156 valence electrons. The molecule has 0 bridgehead atoms. The number of benzene rings is 2. The number of fused-ring (bicyclic) bond motifs is 1. The number of aromatic nitrogens is 2. The van der Waals surface area contributed by atoms with E-state index in [0.717, 1.165) is 21.8 Å². The highest BCUT2D eigenvalue weighted by Gasteiger charge is 2.14. The number of thioether (sulfide) groups is 1. The van der Waals surface area contributed by atoms with Crippen LogP contribution in [0.1, 0.15) is 11.3 Å².